The molecule has 2 aromatic heterocycles. The van der Waals surface area contributed by atoms with E-state index in [0.29, 0.717) is 5.82 Å². The van der Waals surface area contributed by atoms with Gasteiger partial charge in [-0.25, -0.2) is 9.97 Å². The standard InChI is InChI=1S/C10H12IN5/c1-3-16-6-7(4-14-16)9-13-5-8(11)10(12-2)15-9/h4-6H,3H2,1-2H3,(H,12,13,15). The molecule has 0 fully saturated rings. The third-order valence-corrected chi connectivity index (χ3v) is 2.99. The van der Waals surface area contributed by atoms with Crippen molar-refractivity contribution in [1.82, 2.24) is 19.7 Å². The maximum absolute atomic E-state index is 4.43. The molecule has 0 spiro atoms. The highest BCUT2D eigenvalue weighted by atomic mass is 127. The zero-order valence-electron chi connectivity index (χ0n) is 9.11. The summed E-state index contributed by atoms with van der Waals surface area (Å²) in [4.78, 5) is 8.72. The molecule has 0 saturated heterocycles. The van der Waals surface area contributed by atoms with Crippen molar-refractivity contribution in [2.75, 3.05) is 12.4 Å². The van der Waals surface area contributed by atoms with Gasteiger partial charge in [0.1, 0.15) is 5.82 Å². The summed E-state index contributed by atoms with van der Waals surface area (Å²) in [5.74, 6) is 1.54. The Hall–Kier alpha value is -1.18. The average molecular weight is 329 g/mol. The largest absolute Gasteiger partial charge is 0.372 e. The van der Waals surface area contributed by atoms with Gasteiger partial charge in [0.25, 0.3) is 0 Å². The van der Waals surface area contributed by atoms with E-state index in [1.807, 2.05) is 24.9 Å². The van der Waals surface area contributed by atoms with E-state index >= 15 is 0 Å². The summed E-state index contributed by atoms with van der Waals surface area (Å²) in [5, 5.41) is 7.24. The average Bonchev–Trinajstić information content (AvgIpc) is 2.78. The summed E-state index contributed by atoms with van der Waals surface area (Å²) in [6.07, 6.45) is 5.53. The second kappa shape index (κ2) is 4.77. The van der Waals surface area contributed by atoms with Crippen LogP contribution in [0.1, 0.15) is 6.92 Å². The van der Waals surface area contributed by atoms with Crippen LogP contribution in [0.4, 0.5) is 5.82 Å². The SMILES string of the molecule is CCn1cc(-c2ncc(I)c(NC)n2)cn1. The summed E-state index contributed by atoms with van der Waals surface area (Å²) in [6.45, 7) is 2.90. The zero-order valence-corrected chi connectivity index (χ0v) is 11.3. The molecule has 5 nitrogen and oxygen atoms in total. The molecule has 0 aliphatic heterocycles. The van der Waals surface area contributed by atoms with Crippen LogP contribution < -0.4 is 5.32 Å². The van der Waals surface area contributed by atoms with E-state index in [-0.39, 0.29) is 0 Å². The lowest BCUT2D eigenvalue weighted by atomic mass is 10.3. The highest BCUT2D eigenvalue weighted by Crippen LogP contribution is 2.19. The molecular formula is C10H12IN5. The molecule has 1 N–H and O–H groups in total. The number of anilines is 1. The number of nitrogens with one attached hydrogen (secondary N) is 1. The predicted molar refractivity (Wildman–Crippen MR) is 71.2 cm³/mol. The van der Waals surface area contributed by atoms with Gasteiger partial charge in [0.15, 0.2) is 5.82 Å². The number of aryl methyl sites for hydroxylation is 1. The third-order valence-electron chi connectivity index (χ3n) is 2.20. The van der Waals surface area contributed by atoms with Gasteiger partial charge >= 0.3 is 0 Å². The molecule has 6 heteroatoms. The van der Waals surface area contributed by atoms with Crippen LogP contribution in [-0.4, -0.2) is 26.8 Å². The molecule has 0 aromatic carbocycles. The molecule has 16 heavy (non-hydrogen) atoms. The number of nitrogens with zero attached hydrogens (tertiary/aromatic N) is 4. The van der Waals surface area contributed by atoms with Gasteiger partial charge in [0.05, 0.1) is 15.3 Å². The van der Waals surface area contributed by atoms with Crippen molar-refractivity contribution < 1.29 is 0 Å². The van der Waals surface area contributed by atoms with Gasteiger partial charge in [-0.1, -0.05) is 0 Å². The zero-order chi connectivity index (χ0) is 11.5. The van der Waals surface area contributed by atoms with Crippen molar-refractivity contribution >= 4 is 28.4 Å². The summed E-state index contributed by atoms with van der Waals surface area (Å²) in [6, 6.07) is 0. The van der Waals surface area contributed by atoms with Crippen LogP contribution in [-0.2, 0) is 6.54 Å². The number of rotatable bonds is 3. The van der Waals surface area contributed by atoms with E-state index in [2.05, 4.69) is 43.0 Å². The summed E-state index contributed by atoms with van der Waals surface area (Å²) in [7, 11) is 1.85. The summed E-state index contributed by atoms with van der Waals surface area (Å²) >= 11 is 2.20. The van der Waals surface area contributed by atoms with Gasteiger partial charge in [-0.15, -0.1) is 0 Å². The lowest BCUT2D eigenvalue weighted by molar-refractivity contribution is 0.660. The highest BCUT2D eigenvalue weighted by molar-refractivity contribution is 14.1. The Labute approximate surface area is 107 Å². The smallest absolute Gasteiger partial charge is 0.164 e. The first-order valence-corrected chi connectivity index (χ1v) is 6.05. The van der Waals surface area contributed by atoms with Crippen LogP contribution >= 0.6 is 22.6 Å². The van der Waals surface area contributed by atoms with Crippen LogP contribution in [0.5, 0.6) is 0 Å². The van der Waals surface area contributed by atoms with Gasteiger partial charge in [-0.2, -0.15) is 5.10 Å². The van der Waals surface area contributed by atoms with Crippen molar-refractivity contribution in [1.29, 1.82) is 0 Å². The fourth-order valence-corrected chi connectivity index (χ4v) is 1.86. The Bertz CT molecular complexity index is 494. The lowest BCUT2D eigenvalue weighted by Crippen LogP contribution is -1.99. The minimum Gasteiger partial charge on any atom is -0.372 e. The summed E-state index contributed by atoms with van der Waals surface area (Å²) < 4.78 is 2.86. The van der Waals surface area contributed by atoms with Crippen molar-refractivity contribution in [2.45, 2.75) is 13.5 Å². The van der Waals surface area contributed by atoms with Crippen molar-refractivity contribution in [3.05, 3.63) is 22.2 Å². The third kappa shape index (κ3) is 2.16. The first-order valence-electron chi connectivity index (χ1n) is 4.97. The van der Waals surface area contributed by atoms with Crippen LogP contribution in [0.2, 0.25) is 0 Å². The maximum atomic E-state index is 4.43. The molecule has 0 saturated carbocycles. The molecule has 2 aromatic rings. The van der Waals surface area contributed by atoms with Crippen LogP contribution in [0.15, 0.2) is 18.6 Å². The van der Waals surface area contributed by atoms with Crippen molar-refractivity contribution in [3.63, 3.8) is 0 Å². The first-order chi connectivity index (χ1) is 7.74. The second-order valence-corrected chi connectivity index (χ2v) is 4.39. The van der Waals surface area contributed by atoms with Crippen LogP contribution in [0.3, 0.4) is 0 Å². The Morgan fingerprint density at radius 3 is 2.88 bits per heavy atom. The minimum atomic E-state index is 0.699. The number of halogens is 1. The fourth-order valence-electron chi connectivity index (χ4n) is 1.33. The first kappa shape index (κ1) is 11.3. The maximum Gasteiger partial charge on any atom is 0.164 e. The molecule has 0 unspecified atom stereocenters. The van der Waals surface area contributed by atoms with Crippen molar-refractivity contribution in [2.24, 2.45) is 0 Å². The second-order valence-electron chi connectivity index (χ2n) is 3.22. The van der Waals surface area contributed by atoms with Crippen LogP contribution in [0.25, 0.3) is 11.4 Å². The lowest BCUT2D eigenvalue weighted by Gasteiger charge is -2.03. The van der Waals surface area contributed by atoms with Crippen molar-refractivity contribution in [3.8, 4) is 11.4 Å². The van der Waals surface area contributed by atoms with E-state index in [9.17, 15) is 0 Å². The molecule has 0 aliphatic rings. The molecule has 0 aliphatic carbocycles. The molecule has 84 valence electrons. The summed E-state index contributed by atoms with van der Waals surface area (Å²) in [5.41, 5.74) is 0.940. The Balaban J connectivity index is 2.40. The van der Waals surface area contributed by atoms with Gasteiger partial charge < -0.3 is 5.32 Å². The van der Waals surface area contributed by atoms with E-state index in [4.69, 9.17) is 0 Å². The predicted octanol–water partition coefficient (Wildman–Crippen LogP) is 2.01. The van der Waals surface area contributed by atoms with Crippen LogP contribution in [0, 0.1) is 3.57 Å². The molecule has 0 amide bonds. The van der Waals surface area contributed by atoms with E-state index in [1.54, 1.807) is 12.4 Å². The topological polar surface area (TPSA) is 55.6 Å². The van der Waals surface area contributed by atoms with Gasteiger partial charge in [-0.3, -0.25) is 4.68 Å². The molecule has 2 rings (SSSR count). The normalized spacial score (nSPS) is 10.4. The molecule has 0 radical (unpaired) electrons. The van der Waals surface area contributed by atoms with E-state index < -0.39 is 0 Å². The minimum absolute atomic E-state index is 0.699. The Kier molecular flexibility index (Phi) is 3.37. The van der Waals surface area contributed by atoms with Gasteiger partial charge in [-0.05, 0) is 29.5 Å². The Morgan fingerprint density at radius 1 is 1.44 bits per heavy atom. The van der Waals surface area contributed by atoms with Gasteiger partial charge in [0, 0.05) is 26.0 Å². The van der Waals surface area contributed by atoms with E-state index in [0.717, 1.165) is 21.5 Å². The quantitative estimate of drug-likeness (QED) is 0.876. The molecule has 2 heterocycles. The van der Waals surface area contributed by atoms with Gasteiger partial charge in [0.2, 0.25) is 0 Å². The number of hydrogen-bond donors (Lipinski definition) is 1. The molecular weight excluding hydrogens is 317 g/mol. The highest BCUT2D eigenvalue weighted by Gasteiger charge is 2.07. The van der Waals surface area contributed by atoms with E-state index in [1.165, 1.54) is 0 Å². The number of aromatic nitrogens is 4. The Morgan fingerprint density at radius 2 is 2.25 bits per heavy atom. The number of hydrogen-bond acceptors (Lipinski definition) is 4. The molecule has 0 bridgehead atoms. The molecule has 0 atom stereocenters. The monoisotopic (exact) mass is 329 g/mol. The fraction of sp³-hybridized carbons (Fsp3) is 0.300.